The Bertz CT molecular complexity index is 1150. The second kappa shape index (κ2) is 6.94. The second-order valence-electron chi connectivity index (χ2n) is 5.78. The third-order valence-electron chi connectivity index (χ3n) is 4.13. The highest BCUT2D eigenvalue weighted by atomic mass is 32.1. The largest absolute Gasteiger partial charge is 0.430 e. The first-order chi connectivity index (χ1) is 12.8. The van der Waals surface area contributed by atoms with E-state index in [1.807, 2.05) is 91.0 Å². The summed E-state index contributed by atoms with van der Waals surface area (Å²) in [6.45, 7) is 0. The van der Waals surface area contributed by atoms with Crippen LogP contribution in [0, 0.1) is 4.84 Å². The van der Waals surface area contributed by atoms with Crippen molar-refractivity contribution in [3.05, 3.63) is 106 Å². The van der Waals surface area contributed by atoms with E-state index in [9.17, 15) is 4.79 Å². The van der Waals surface area contributed by atoms with Crippen LogP contribution in [-0.4, -0.2) is 4.57 Å². The molecule has 0 spiro atoms. The highest BCUT2D eigenvalue weighted by molar-refractivity contribution is 7.71. The fraction of sp³-hybridized carbons (Fsp3) is 0. The Kier molecular flexibility index (Phi) is 4.33. The van der Waals surface area contributed by atoms with Gasteiger partial charge in [-0.1, -0.05) is 78.9 Å². The van der Waals surface area contributed by atoms with Gasteiger partial charge in [0.15, 0.2) is 5.76 Å². The number of hydrogen-bond acceptors (Lipinski definition) is 3. The predicted octanol–water partition coefficient (Wildman–Crippen LogP) is 5.49. The summed E-state index contributed by atoms with van der Waals surface area (Å²) >= 11 is 5.41. The number of para-hydroxylation sites is 1. The summed E-state index contributed by atoms with van der Waals surface area (Å²) in [6, 6.07) is 28.4. The van der Waals surface area contributed by atoms with Crippen LogP contribution in [0.1, 0.15) is 0 Å². The molecular weight excluding hydrogens is 342 g/mol. The van der Waals surface area contributed by atoms with Crippen LogP contribution in [-0.2, 0) is 0 Å². The molecule has 0 unspecified atom stereocenters. The summed E-state index contributed by atoms with van der Waals surface area (Å²) < 4.78 is 7.43. The molecule has 0 saturated carbocycles. The molecule has 0 N–H and O–H groups in total. The Morgan fingerprint density at radius 2 is 1.19 bits per heavy atom. The van der Waals surface area contributed by atoms with Crippen molar-refractivity contribution in [3.8, 4) is 28.1 Å². The van der Waals surface area contributed by atoms with Crippen LogP contribution in [0.25, 0.3) is 28.1 Å². The molecule has 4 heteroatoms. The van der Waals surface area contributed by atoms with E-state index in [-0.39, 0.29) is 10.4 Å². The normalized spacial score (nSPS) is 10.6. The molecule has 0 fully saturated rings. The van der Waals surface area contributed by atoms with Crippen LogP contribution in [0.2, 0.25) is 0 Å². The van der Waals surface area contributed by atoms with Gasteiger partial charge in [-0.3, -0.25) is 4.79 Å². The highest BCUT2D eigenvalue weighted by Crippen LogP contribution is 2.30. The third kappa shape index (κ3) is 2.91. The minimum atomic E-state index is -0.197. The lowest BCUT2D eigenvalue weighted by molar-refractivity contribution is 0.502. The Hall–Kier alpha value is -3.24. The van der Waals surface area contributed by atoms with E-state index in [2.05, 4.69) is 0 Å². The molecule has 0 aliphatic rings. The molecule has 0 saturated heterocycles. The maximum atomic E-state index is 13.4. The van der Waals surface area contributed by atoms with Gasteiger partial charge in [-0.15, -0.1) is 0 Å². The summed E-state index contributed by atoms with van der Waals surface area (Å²) in [5.41, 5.74) is 2.59. The van der Waals surface area contributed by atoms with Crippen molar-refractivity contribution in [1.82, 2.24) is 4.57 Å². The second-order valence-corrected chi connectivity index (χ2v) is 6.13. The SMILES string of the molecule is O=c1c(-c2ccccc2)c(-c2ccccc2)oc(=S)n1-c1ccccc1. The maximum Gasteiger partial charge on any atom is 0.276 e. The predicted molar refractivity (Wildman–Crippen MR) is 106 cm³/mol. The fourth-order valence-corrected chi connectivity index (χ4v) is 3.20. The first-order valence-electron chi connectivity index (χ1n) is 8.22. The highest BCUT2D eigenvalue weighted by Gasteiger charge is 2.18. The quantitative estimate of drug-likeness (QED) is 0.455. The molecule has 0 aliphatic heterocycles. The van der Waals surface area contributed by atoms with Crippen molar-refractivity contribution in [2.24, 2.45) is 0 Å². The van der Waals surface area contributed by atoms with E-state index < -0.39 is 0 Å². The topological polar surface area (TPSA) is 35.1 Å². The average Bonchev–Trinajstić information content (AvgIpc) is 2.70. The summed E-state index contributed by atoms with van der Waals surface area (Å²) in [4.78, 5) is 13.5. The molecule has 126 valence electrons. The maximum absolute atomic E-state index is 13.4. The van der Waals surface area contributed by atoms with Gasteiger partial charge in [0.1, 0.15) is 0 Å². The Labute approximate surface area is 155 Å². The lowest BCUT2D eigenvalue weighted by Gasteiger charge is -2.12. The molecule has 1 heterocycles. The van der Waals surface area contributed by atoms with Crippen LogP contribution in [0.3, 0.4) is 0 Å². The van der Waals surface area contributed by atoms with Gasteiger partial charge in [0.2, 0.25) is 0 Å². The van der Waals surface area contributed by atoms with Crippen molar-refractivity contribution in [2.45, 2.75) is 0 Å². The minimum Gasteiger partial charge on any atom is -0.430 e. The molecular formula is C22H15NO2S. The van der Waals surface area contributed by atoms with Gasteiger partial charge in [0.05, 0.1) is 11.3 Å². The average molecular weight is 357 g/mol. The van der Waals surface area contributed by atoms with Crippen molar-refractivity contribution < 1.29 is 4.42 Å². The number of aromatic nitrogens is 1. The first-order valence-corrected chi connectivity index (χ1v) is 8.63. The van der Waals surface area contributed by atoms with E-state index in [4.69, 9.17) is 16.6 Å². The van der Waals surface area contributed by atoms with E-state index in [0.717, 1.165) is 11.1 Å². The Morgan fingerprint density at radius 1 is 0.692 bits per heavy atom. The van der Waals surface area contributed by atoms with Gasteiger partial charge in [-0.25, -0.2) is 4.57 Å². The Balaban J connectivity index is 2.09. The number of nitrogens with zero attached hydrogens (tertiary/aromatic N) is 1. The molecule has 0 radical (unpaired) electrons. The molecule has 0 aliphatic carbocycles. The van der Waals surface area contributed by atoms with Gasteiger partial charge in [0, 0.05) is 5.56 Å². The monoisotopic (exact) mass is 357 g/mol. The zero-order valence-electron chi connectivity index (χ0n) is 13.8. The van der Waals surface area contributed by atoms with Crippen LogP contribution in [0.4, 0.5) is 0 Å². The van der Waals surface area contributed by atoms with Crippen molar-refractivity contribution in [1.29, 1.82) is 0 Å². The van der Waals surface area contributed by atoms with E-state index in [1.165, 1.54) is 4.57 Å². The third-order valence-corrected chi connectivity index (χ3v) is 4.39. The molecule has 4 rings (SSSR count). The molecule has 3 aromatic carbocycles. The van der Waals surface area contributed by atoms with Crippen LogP contribution in [0.5, 0.6) is 0 Å². The van der Waals surface area contributed by atoms with Gasteiger partial charge >= 0.3 is 0 Å². The lowest BCUT2D eigenvalue weighted by Crippen LogP contribution is -2.21. The smallest absolute Gasteiger partial charge is 0.276 e. The van der Waals surface area contributed by atoms with E-state index in [1.54, 1.807) is 0 Å². The Morgan fingerprint density at radius 3 is 1.77 bits per heavy atom. The van der Waals surface area contributed by atoms with Crippen LogP contribution < -0.4 is 5.56 Å². The van der Waals surface area contributed by atoms with Gasteiger partial charge in [-0.2, -0.15) is 0 Å². The summed E-state index contributed by atoms with van der Waals surface area (Å²) in [6.07, 6.45) is 0. The molecule has 1 aromatic heterocycles. The van der Waals surface area contributed by atoms with Crippen LogP contribution in [0.15, 0.2) is 100 Å². The van der Waals surface area contributed by atoms with Crippen molar-refractivity contribution in [2.75, 3.05) is 0 Å². The van der Waals surface area contributed by atoms with E-state index >= 15 is 0 Å². The fourth-order valence-electron chi connectivity index (χ4n) is 2.93. The molecule has 3 nitrogen and oxygen atoms in total. The zero-order chi connectivity index (χ0) is 17.9. The number of rotatable bonds is 3. The molecule has 0 amide bonds. The number of benzene rings is 3. The number of hydrogen-bond donors (Lipinski definition) is 0. The van der Waals surface area contributed by atoms with Crippen molar-refractivity contribution >= 4 is 12.2 Å². The van der Waals surface area contributed by atoms with Gasteiger partial charge in [0.25, 0.3) is 10.4 Å². The summed E-state index contributed by atoms with van der Waals surface area (Å²) in [5.74, 6) is 0.485. The standard InChI is InChI=1S/C22H15NO2S/c24-21-19(16-10-4-1-5-11-16)20(17-12-6-2-7-13-17)25-22(26)23(21)18-14-8-3-9-15-18/h1-15H. The lowest BCUT2D eigenvalue weighted by atomic mass is 10.0. The first kappa shape index (κ1) is 16.2. The minimum absolute atomic E-state index is 0.125. The molecule has 26 heavy (non-hydrogen) atoms. The van der Waals surface area contributed by atoms with Crippen molar-refractivity contribution in [3.63, 3.8) is 0 Å². The van der Waals surface area contributed by atoms with Gasteiger partial charge in [-0.05, 0) is 29.9 Å². The molecule has 0 atom stereocenters. The van der Waals surface area contributed by atoms with E-state index in [0.29, 0.717) is 17.0 Å². The van der Waals surface area contributed by atoms with Gasteiger partial charge < -0.3 is 4.42 Å². The molecule has 4 aromatic rings. The molecule has 0 bridgehead atoms. The van der Waals surface area contributed by atoms with Crippen LogP contribution >= 0.6 is 12.2 Å². The summed E-state index contributed by atoms with van der Waals surface area (Å²) in [7, 11) is 0. The summed E-state index contributed by atoms with van der Waals surface area (Å²) in [5, 5.41) is 0. The zero-order valence-corrected chi connectivity index (χ0v) is 14.6.